The quantitative estimate of drug-likeness (QED) is 0.749. The highest BCUT2D eigenvalue weighted by molar-refractivity contribution is 5.78. The first-order valence-corrected chi connectivity index (χ1v) is 9.21. The van der Waals surface area contributed by atoms with Gasteiger partial charge in [-0.05, 0) is 43.9 Å². The molecule has 2 heterocycles. The zero-order chi connectivity index (χ0) is 18.6. The molecule has 2 atom stereocenters. The lowest BCUT2D eigenvalue weighted by molar-refractivity contribution is -0.137. The Morgan fingerprint density at radius 3 is 2.85 bits per heavy atom. The summed E-state index contributed by atoms with van der Waals surface area (Å²) in [4.78, 5) is 14.0. The third-order valence-corrected chi connectivity index (χ3v) is 5.11. The number of halogens is 3. The summed E-state index contributed by atoms with van der Waals surface area (Å²) in [6, 6.07) is 5.57. The first kappa shape index (κ1) is 19.2. The summed E-state index contributed by atoms with van der Waals surface area (Å²) in [5.41, 5.74) is -0.0144. The topological polar surface area (TPSA) is 41.6 Å². The number of hydrogen-bond donors (Lipinski definition) is 1. The van der Waals surface area contributed by atoms with Crippen molar-refractivity contribution in [2.24, 2.45) is 0 Å². The summed E-state index contributed by atoms with van der Waals surface area (Å²) >= 11 is 0. The van der Waals surface area contributed by atoms with Crippen LogP contribution in [-0.2, 0) is 22.3 Å². The summed E-state index contributed by atoms with van der Waals surface area (Å²) in [5.74, 6) is 0.184. The number of nitrogens with zero attached hydrogens (tertiary/aromatic N) is 1. The Labute approximate surface area is 151 Å². The fourth-order valence-corrected chi connectivity index (χ4v) is 3.71. The van der Waals surface area contributed by atoms with Crippen LogP contribution in [0, 0.1) is 0 Å². The zero-order valence-electron chi connectivity index (χ0n) is 14.7. The molecule has 0 saturated carbocycles. The molecule has 2 saturated heterocycles. The molecule has 3 rings (SSSR count). The molecule has 1 aromatic rings. The average Bonchev–Trinajstić information content (AvgIpc) is 3.23. The minimum atomic E-state index is -4.32. The number of likely N-dealkylation sites (tertiary alicyclic amines) is 1. The Morgan fingerprint density at radius 2 is 2.12 bits per heavy atom. The molecule has 1 aromatic carbocycles. The SMILES string of the molecule is O=C1CCC(CCNCc2cccc(C(F)(F)F)c2)N1CC1CCCO1. The van der Waals surface area contributed by atoms with Crippen LogP contribution < -0.4 is 5.32 Å². The molecule has 0 aliphatic carbocycles. The molecule has 0 spiro atoms. The molecule has 2 aliphatic rings. The van der Waals surface area contributed by atoms with Crippen molar-refractivity contribution >= 4 is 5.91 Å². The molecule has 4 nitrogen and oxygen atoms in total. The van der Waals surface area contributed by atoms with E-state index in [9.17, 15) is 18.0 Å². The molecule has 0 bridgehead atoms. The van der Waals surface area contributed by atoms with Crippen molar-refractivity contribution in [1.82, 2.24) is 10.2 Å². The highest BCUT2D eigenvalue weighted by Gasteiger charge is 2.33. The average molecular weight is 370 g/mol. The van der Waals surface area contributed by atoms with Gasteiger partial charge in [0.1, 0.15) is 0 Å². The van der Waals surface area contributed by atoms with E-state index in [-0.39, 0.29) is 18.1 Å². The van der Waals surface area contributed by atoms with Crippen LogP contribution in [0.5, 0.6) is 0 Å². The molecule has 2 fully saturated rings. The van der Waals surface area contributed by atoms with Gasteiger partial charge in [0.25, 0.3) is 0 Å². The number of carbonyl (C=O) groups is 1. The number of carbonyl (C=O) groups excluding carboxylic acids is 1. The number of ether oxygens (including phenoxy) is 1. The Hall–Kier alpha value is -1.60. The maximum atomic E-state index is 12.7. The molecule has 26 heavy (non-hydrogen) atoms. The maximum Gasteiger partial charge on any atom is 0.416 e. The monoisotopic (exact) mass is 370 g/mol. The van der Waals surface area contributed by atoms with Gasteiger partial charge in [0.2, 0.25) is 5.91 Å². The fraction of sp³-hybridized carbons (Fsp3) is 0.632. The van der Waals surface area contributed by atoms with Crippen molar-refractivity contribution in [2.75, 3.05) is 19.7 Å². The first-order valence-electron chi connectivity index (χ1n) is 9.21. The predicted molar refractivity (Wildman–Crippen MR) is 91.5 cm³/mol. The van der Waals surface area contributed by atoms with Gasteiger partial charge in [0.15, 0.2) is 0 Å². The second-order valence-corrected chi connectivity index (χ2v) is 7.04. The lowest BCUT2D eigenvalue weighted by Gasteiger charge is -2.27. The molecule has 2 aliphatic heterocycles. The number of rotatable bonds is 7. The van der Waals surface area contributed by atoms with E-state index >= 15 is 0 Å². The van der Waals surface area contributed by atoms with Crippen LogP contribution in [0.4, 0.5) is 13.2 Å². The summed E-state index contributed by atoms with van der Waals surface area (Å²) < 4.78 is 43.9. The van der Waals surface area contributed by atoms with E-state index in [0.29, 0.717) is 31.6 Å². The van der Waals surface area contributed by atoms with Crippen LogP contribution in [0.3, 0.4) is 0 Å². The van der Waals surface area contributed by atoms with Gasteiger partial charge < -0.3 is 15.0 Å². The van der Waals surface area contributed by atoms with E-state index in [1.165, 1.54) is 12.1 Å². The standard InChI is InChI=1S/C19H25F3N2O2/c20-19(21,22)15-4-1-3-14(11-15)12-23-9-8-16-6-7-18(25)24(16)13-17-5-2-10-26-17/h1,3-4,11,16-17,23H,2,5-10,12-13H2. The Kier molecular flexibility index (Phi) is 6.19. The molecule has 1 N–H and O–H groups in total. The van der Waals surface area contributed by atoms with Gasteiger partial charge in [0, 0.05) is 32.2 Å². The smallest absolute Gasteiger partial charge is 0.376 e. The molecular weight excluding hydrogens is 345 g/mol. The van der Waals surface area contributed by atoms with Crippen molar-refractivity contribution < 1.29 is 22.7 Å². The minimum absolute atomic E-state index is 0.151. The van der Waals surface area contributed by atoms with Crippen LogP contribution in [0.2, 0.25) is 0 Å². The van der Waals surface area contributed by atoms with E-state index in [1.807, 2.05) is 4.90 Å². The summed E-state index contributed by atoms with van der Waals surface area (Å²) in [7, 11) is 0. The summed E-state index contributed by atoms with van der Waals surface area (Å²) in [6.45, 7) is 2.49. The van der Waals surface area contributed by atoms with Gasteiger partial charge >= 0.3 is 6.18 Å². The van der Waals surface area contributed by atoms with Gasteiger partial charge in [0.05, 0.1) is 11.7 Å². The van der Waals surface area contributed by atoms with Gasteiger partial charge in [-0.3, -0.25) is 4.79 Å². The van der Waals surface area contributed by atoms with Crippen molar-refractivity contribution in [3.8, 4) is 0 Å². The lowest BCUT2D eigenvalue weighted by Crippen LogP contribution is -2.40. The third-order valence-electron chi connectivity index (χ3n) is 5.11. The van der Waals surface area contributed by atoms with E-state index in [4.69, 9.17) is 4.74 Å². The number of alkyl halides is 3. The van der Waals surface area contributed by atoms with E-state index in [2.05, 4.69) is 5.32 Å². The number of benzene rings is 1. The molecule has 0 radical (unpaired) electrons. The number of amides is 1. The van der Waals surface area contributed by atoms with Crippen molar-refractivity contribution in [3.63, 3.8) is 0 Å². The van der Waals surface area contributed by atoms with Gasteiger partial charge in [-0.2, -0.15) is 13.2 Å². The predicted octanol–water partition coefficient (Wildman–Crippen LogP) is 3.36. The first-order chi connectivity index (χ1) is 12.4. The molecule has 2 unspecified atom stereocenters. The Morgan fingerprint density at radius 1 is 1.27 bits per heavy atom. The van der Waals surface area contributed by atoms with Crippen LogP contribution in [0.25, 0.3) is 0 Å². The van der Waals surface area contributed by atoms with Gasteiger partial charge in [-0.25, -0.2) is 0 Å². The largest absolute Gasteiger partial charge is 0.416 e. The van der Waals surface area contributed by atoms with Crippen molar-refractivity contribution in [1.29, 1.82) is 0 Å². The second kappa shape index (κ2) is 8.39. The maximum absolute atomic E-state index is 12.7. The second-order valence-electron chi connectivity index (χ2n) is 7.04. The van der Waals surface area contributed by atoms with Crippen LogP contribution in [0.15, 0.2) is 24.3 Å². The molecular formula is C19H25F3N2O2. The van der Waals surface area contributed by atoms with Crippen LogP contribution in [0.1, 0.15) is 43.2 Å². The summed E-state index contributed by atoms with van der Waals surface area (Å²) in [6.07, 6.45) is 0.111. The fourth-order valence-electron chi connectivity index (χ4n) is 3.71. The van der Waals surface area contributed by atoms with Gasteiger partial charge in [-0.1, -0.05) is 18.2 Å². The molecule has 7 heteroatoms. The van der Waals surface area contributed by atoms with Gasteiger partial charge in [-0.15, -0.1) is 0 Å². The Balaban J connectivity index is 1.44. The molecule has 144 valence electrons. The van der Waals surface area contributed by atoms with E-state index < -0.39 is 11.7 Å². The highest BCUT2D eigenvalue weighted by atomic mass is 19.4. The highest BCUT2D eigenvalue weighted by Crippen LogP contribution is 2.29. The van der Waals surface area contributed by atoms with Crippen molar-refractivity contribution in [3.05, 3.63) is 35.4 Å². The third kappa shape index (κ3) is 4.98. The van der Waals surface area contributed by atoms with Crippen LogP contribution in [-0.4, -0.2) is 42.6 Å². The van der Waals surface area contributed by atoms with Crippen molar-refractivity contribution in [2.45, 2.75) is 57.0 Å². The zero-order valence-corrected chi connectivity index (χ0v) is 14.7. The van der Waals surface area contributed by atoms with Crippen LogP contribution >= 0.6 is 0 Å². The molecule has 1 amide bonds. The minimum Gasteiger partial charge on any atom is -0.376 e. The molecule has 0 aromatic heterocycles. The Bertz CT molecular complexity index is 615. The number of hydrogen-bond acceptors (Lipinski definition) is 3. The van der Waals surface area contributed by atoms with E-state index in [1.54, 1.807) is 6.07 Å². The number of nitrogens with one attached hydrogen (secondary N) is 1. The van der Waals surface area contributed by atoms with E-state index in [0.717, 1.165) is 38.4 Å². The summed E-state index contributed by atoms with van der Waals surface area (Å²) in [5, 5.41) is 3.20. The lowest BCUT2D eigenvalue weighted by atomic mass is 10.1. The normalized spacial score (nSPS) is 23.8.